The van der Waals surface area contributed by atoms with Gasteiger partial charge in [-0.25, -0.2) is 0 Å². The molecule has 1 aliphatic rings. The Balaban J connectivity index is 1.53. The number of amides is 1. The Morgan fingerprint density at radius 2 is 1.69 bits per heavy atom. The minimum Gasteiger partial charge on any atom is -0.328 e. The summed E-state index contributed by atoms with van der Waals surface area (Å²) < 4.78 is 0. The van der Waals surface area contributed by atoms with E-state index < -0.39 is 0 Å². The number of hydrogen-bond donors (Lipinski definition) is 1. The SMILES string of the molecule is CC(C)c1ccc(C[NH+]2CCN(C(=O)c3ccc(C#N)cc3)CC2)cc1. The first kappa shape index (κ1) is 18.2. The minimum atomic E-state index is 0.0647. The van der Waals surface area contributed by atoms with Crippen molar-refractivity contribution in [1.29, 1.82) is 5.26 Å². The zero-order valence-electron chi connectivity index (χ0n) is 15.5. The summed E-state index contributed by atoms with van der Waals surface area (Å²) in [7, 11) is 0. The molecular formula is C22H26N3O+. The molecule has 2 aromatic carbocycles. The van der Waals surface area contributed by atoms with E-state index in [4.69, 9.17) is 5.26 Å². The fourth-order valence-electron chi connectivity index (χ4n) is 3.38. The van der Waals surface area contributed by atoms with E-state index in [1.54, 1.807) is 24.3 Å². The Morgan fingerprint density at radius 1 is 1.08 bits per heavy atom. The van der Waals surface area contributed by atoms with Crippen molar-refractivity contribution in [3.63, 3.8) is 0 Å². The third kappa shape index (κ3) is 4.30. The molecular weight excluding hydrogens is 322 g/mol. The van der Waals surface area contributed by atoms with Gasteiger partial charge in [0.1, 0.15) is 6.54 Å². The van der Waals surface area contributed by atoms with E-state index in [-0.39, 0.29) is 5.91 Å². The first-order valence-electron chi connectivity index (χ1n) is 9.28. The maximum absolute atomic E-state index is 12.6. The van der Waals surface area contributed by atoms with E-state index in [0.29, 0.717) is 17.0 Å². The van der Waals surface area contributed by atoms with Crippen molar-refractivity contribution in [3.8, 4) is 6.07 Å². The average Bonchev–Trinajstić information content (AvgIpc) is 2.68. The summed E-state index contributed by atoms with van der Waals surface area (Å²) in [6.45, 7) is 8.92. The second-order valence-electron chi connectivity index (χ2n) is 7.30. The van der Waals surface area contributed by atoms with Gasteiger partial charge in [0.25, 0.3) is 5.91 Å². The smallest absolute Gasteiger partial charge is 0.254 e. The van der Waals surface area contributed by atoms with E-state index >= 15 is 0 Å². The van der Waals surface area contributed by atoms with Gasteiger partial charge in [0.2, 0.25) is 0 Å². The Labute approximate surface area is 155 Å². The van der Waals surface area contributed by atoms with Crippen molar-refractivity contribution in [3.05, 3.63) is 70.8 Å². The molecule has 1 aliphatic heterocycles. The summed E-state index contributed by atoms with van der Waals surface area (Å²) in [4.78, 5) is 16.0. The molecule has 1 N–H and O–H groups in total. The maximum Gasteiger partial charge on any atom is 0.254 e. The van der Waals surface area contributed by atoms with Crippen LogP contribution < -0.4 is 4.90 Å². The lowest BCUT2D eigenvalue weighted by Gasteiger charge is -2.32. The summed E-state index contributed by atoms with van der Waals surface area (Å²) in [5.74, 6) is 0.628. The number of hydrogen-bond acceptors (Lipinski definition) is 2. The monoisotopic (exact) mass is 348 g/mol. The molecule has 0 unspecified atom stereocenters. The van der Waals surface area contributed by atoms with Gasteiger partial charge in [-0.15, -0.1) is 0 Å². The second-order valence-corrected chi connectivity index (χ2v) is 7.30. The van der Waals surface area contributed by atoms with Crippen LogP contribution in [-0.4, -0.2) is 37.0 Å². The van der Waals surface area contributed by atoms with E-state index in [2.05, 4.69) is 44.2 Å². The molecule has 0 atom stereocenters. The lowest BCUT2D eigenvalue weighted by molar-refractivity contribution is -0.917. The van der Waals surface area contributed by atoms with Gasteiger partial charge in [-0.05, 0) is 35.7 Å². The van der Waals surface area contributed by atoms with Crippen LogP contribution in [0.3, 0.4) is 0 Å². The van der Waals surface area contributed by atoms with Crippen LogP contribution >= 0.6 is 0 Å². The van der Waals surface area contributed by atoms with Crippen LogP contribution in [-0.2, 0) is 6.54 Å². The number of nitriles is 1. The van der Waals surface area contributed by atoms with E-state index in [9.17, 15) is 4.79 Å². The van der Waals surface area contributed by atoms with Crippen molar-refractivity contribution in [2.75, 3.05) is 26.2 Å². The largest absolute Gasteiger partial charge is 0.328 e. The number of nitrogens with one attached hydrogen (secondary N) is 1. The van der Waals surface area contributed by atoms with E-state index in [0.717, 1.165) is 32.7 Å². The molecule has 0 radical (unpaired) electrons. The Kier molecular flexibility index (Phi) is 5.70. The number of nitrogens with zero attached hydrogens (tertiary/aromatic N) is 2. The summed E-state index contributed by atoms with van der Waals surface area (Å²) in [5, 5.41) is 8.86. The van der Waals surface area contributed by atoms with Gasteiger partial charge in [-0.2, -0.15) is 5.26 Å². The molecule has 0 aliphatic carbocycles. The number of piperazine rings is 1. The second kappa shape index (κ2) is 8.16. The highest BCUT2D eigenvalue weighted by Gasteiger charge is 2.24. The molecule has 1 amide bonds. The van der Waals surface area contributed by atoms with Gasteiger partial charge >= 0.3 is 0 Å². The first-order chi connectivity index (χ1) is 12.6. The average molecular weight is 348 g/mol. The van der Waals surface area contributed by atoms with Crippen LogP contribution in [0, 0.1) is 11.3 Å². The summed E-state index contributed by atoms with van der Waals surface area (Å²) in [6.07, 6.45) is 0. The quantitative estimate of drug-likeness (QED) is 0.921. The van der Waals surface area contributed by atoms with Crippen molar-refractivity contribution in [1.82, 2.24) is 4.90 Å². The maximum atomic E-state index is 12.6. The third-order valence-corrected chi connectivity index (χ3v) is 5.12. The topological polar surface area (TPSA) is 48.5 Å². The lowest BCUT2D eigenvalue weighted by atomic mass is 10.0. The van der Waals surface area contributed by atoms with Crippen LogP contribution in [0.5, 0.6) is 0 Å². The molecule has 134 valence electrons. The van der Waals surface area contributed by atoms with Gasteiger partial charge in [-0.1, -0.05) is 38.1 Å². The third-order valence-electron chi connectivity index (χ3n) is 5.12. The Bertz CT molecular complexity index is 780. The Hall–Kier alpha value is -2.64. The predicted molar refractivity (Wildman–Crippen MR) is 102 cm³/mol. The number of rotatable bonds is 4. The van der Waals surface area contributed by atoms with Gasteiger partial charge in [0.05, 0.1) is 37.8 Å². The molecule has 4 nitrogen and oxygen atoms in total. The highest BCUT2D eigenvalue weighted by atomic mass is 16.2. The van der Waals surface area contributed by atoms with Crippen molar-refractivity contribution >= 4 is 5.91 Å². The van der Waals surface area contributed by atoms with Gasteiger partial charge in [-0.3, -0.25) is 4.79 Å². The van der Waals surface area contributed by atoms with Crippen LogP contribution in [0.25, 0.3) is 0 Å². The fraction of sp³-hybridized carbons (Fsp3) is 0.364. The van der Waals surface area contributed by atoms with Crippen LogP contribution in [0.15, 0.2) is 48.5 Å². The zero-order valence-corrected chi connectivity index (χ0v) is 15.5. The fourth-order valence-corrected chi connectivity index (χ4v) is 3.38. The first-order valence-corrected chi connectivity index (χ1v) is 9.28. The van der Waals surface area contributed by atoms with E-state index in [1.165, 1.54) is 16.0 Å². The highest BCUT2D eigenvalue weighted by molar-refractivity contribution is 5.94. The van der Waals surface area contributed by atoms with Gasteiger partial charge < -0.3 is 9.80 Å². The molecule has 0 bridgehead atoms. The Morgan fingerprint density at radius 3 is 2.23 bits per heavy atom. The molecule has 3 rings (SSSR count). The molecule has 1 heterocycles. The minimum absolute atomic E-state index is 0.0647. The lowest BCUT2D eigenvalue weighted by Crippen LogP contribution is -3.13. The van der Waals surface area contributed by atoms with Gasteiger partial charge in [0, 0.05) is 11.1 Å². The van der Waals surface area contributed by atoms with Crippen molar-refractivity contribution in [2.45, 2.75) is 26.3 Å². The predicted octanol–water partition coefficient (Wildman–Crippen LogP) is 2.22. The van der Waals surface area contributed by atoms with Crippen LogP contribution in [0.2, 0.25) is 0 Å². The highest BCUT2D eigenvalue weighted by Crippen LogP contribution is 2.14. The molecule has 4 heteroatoms. The number of benzene rings is 2. The van der Waals surface area contributed by atoms with E-state index in [1.807, 2.05) is 4.90 Å². The summed E-state index contributed by atoms with van der Waals surface area (Å²) in [5.41, 5.74) is 3.98. The molecule has 2 aromatic rings. The summed E-state index contributed by atoms with van der Waals surface area (Å²) in [6, 6.07) is 17.9. The number of carbonyl (C=O) groups excluding carboxylic acids is 1. The number of quaternary nitrogens is 1. The molecule has 1 fully saturated rings. The zero-order chi connectivity index (χ0) is 18.5. The standard InChI is InChI=1S/C22H25N3O/c1-17(2)20-7-5-19(6-8-20)16-24-11-13-25(14-12-24)22(26)21-9-3-18(15-23)4-10-21/h3-10,17H,11-14,16H2,1-2H3/p+1. The van der Waals surface area contributed by atoms with Gasteiger partial charge in [0.15, 0.2) is 0 Å². The number of carbonyl (C=O) groups is 1. The van der Waals surface area contributed by atoms with Crippen molar-refractivity contribution in [2.24, 2.45) is 0 Å². The molecule has 0 aromatic heterocycles. The van der Waals surface area contributed by atoms with Crippen molar-refractivity contribution < 1.29 is 9.69 Å². The van der Waals surface area contributed by atoms with Crippen LogP contribution in [0.1, 0.15) is 46.8 Å². The van der Waals surface area contributed by atoms with Crippen LogP contribution in [0.4, 0.5) is 0 Å². The summed E-state index contributed by atoms with van der Waals surface area (Å²) >= 11 is 0. The molecule has 0 saturated carbocycles. The molecule has 0 spiro atoms. The normalized spacial score (nSPS) is 15.1. The molecule has 1 saturated heterocycles. The molecule has 26 heavy (non-hydrogen) atoms.